The van der Waals surface area contributed by atoms with Gasteiger partial charge < -0.3 is 10.2 Å². The van der Waals surface area contributed by atoms with E-state index in [1.54, 1.807) is 33.0 Å². The molecule has 0 atom stereocenters. The second-order valence-electron chi connectivity index (χ2n) is 6.71. The lowest BCUT2D eigenvalue weighted by Crippen LogP contribution is -2.57. The fourth-order valence-corrected chi connectivity index (χ4v) is 4.21. The van der Waals surface area contributed by atoms with Crippen LogP contribution in [0.4, 0.5) is 4.39 Å². The van der Waals surface area contributed by atoms with E-state index in [1.807, 2.05) is 11.0 Å². The van der Waals surface area contributed by atoms with Crippen LogP contribution in [-0.4, -0.2) is 56.5 Å². The molecule has 0 spiro atoms. The first-order valence-electron chi connectivity index (χ1n) is 8.17. The number of nitrogens with one attached hydrogen (secondary N) is 1. The SMILES string of the molecule is CN=C(NCCCc1cccc(F)c1)N1CCS(=O)(=O)C(C)(C)C1.I. The monoisotopic (exact) mass is 483 g/mol. The normalized spacial score (nSPS) is 19.2. The van der Waals surface area contributed by atoms with Crippen molar-refractivity contribution < 1.29 is 12.8 Å². The molecule has 0 saturated carbocycles. The van der Waals surface area contributed by atoms with Crippen molar-refractivity contribution in [2.24, 2.45) is 4.99 Å². The second-order valence-corrected chi connectivity index (χ2v) is 9.45. The van der Waals surface area contributed by atoms with Crippen LogP contribution in [0, 0.1) is 5.82 Å². The molecule has 25 heavy (non-hydrogen) atoms. The summed E-state index contributed by atoms with van der Waals surface area (Å²) in [5, 5.41) is 3.28. The molecule has 5 nitrogen and oxygen atoms in total. The van der Waals surface area contributed by atoms with Gasteiger partial charge in [0.25, 0.3) is 0 Å². The topological polar surface area (TPSA) is 61.8 Å². The summed E-state index contributed by atoms with van der Waals surface area (Å²) in [6.45, 7) is 5.10. The number of aryl methyl sites for hydroxylation is 1. The highest BCUT2D eigenvalue weighted by molar-refractivity contribution is 14.0. The van der Waals surface area contributed by atoms with Crippen LogP contribution in [0.15, 0.2) is 29.3 Å². The molecule has 0 aromatic heterocycles. The number of guanidine groups is 1. The standard InChI is InChI=1S/C17H26FN3O2S.HI/c1-17(2)13-21(10-11-24(17,22)23)16(19-3)20-9-5-7-14-6-4-8-15(18)12-14;/h4,6,8,12H,5,7,9-11,13H2,1-3H3,(H,19,20);1H. The molecule has 0 amide bonds. The molecule has 1 fully saturated rings. The Bertz CT molecular complexity index is 708. The van der Waals surface area contributed by atoms with Gasteiger partial charge in [0, 0.05) is 26.7 Å². The third-order valence-electron chi connectivity index (χ3n) is 4.37. The maximum absolute atomic E-state index is 13.1. The van der Waals surface area contributed by atoms with E-state index in [0.29, 0.717) is 19.6 Å². The molecule has 0 aliphatic carbocycles. The highest BCUT2D eigenvalue weighted by Gasteiger charge is 2.40. The van der Waals surface area contributed by atoms with E-state index >= 15 is 0 Å². The van der Waals surface area contributed by atoms with E-state index in [-0.39, 0.29) is 35.5 Å². The number of hydrogen-bond donors (Lipinski definition) is 1. The second kappa shape index (κ2) is 9.16. The quantitative estimate of drug-likeness (QED) is 0.310. The molecule has 8 heteroatoms. The maximum atomic E-state index is 13.1. The van der Waals surface area contributed by atoms with Crippen LogP contribution in [0.5, 0.6) is 0 Å². The summed E-state index contributed by atoms with van der Waals surface area (Å²) in [7, 11) is -1.36. The summed E-state index contributed by atoms with van der Waals surface area (Å²) < 4.78 is 36.5. The number of sulfone groups is 1. The van der Waals surface area contributed by atoms with Gasteiger partial charge in [-0.25, -0.2) is 12.8 Å². The number of rotatable bonds is 4. The van der Waals surface area contributed by atoms with Gasteiger partial charge in [-0.05, 0) is 44.4 Å². The molecule has 1 aromatic carbocycles. The smallest absolute Gasteiger partial charge is 0.193 e. The van der Waals surface area contributed by atoms with E-state index in [9.17, 15) is 12.8 Å². The van der Waals surface area contributed by atoms with Gasteiger partial charge in [0.1, 0.15) is 5.82 Å². The largest absolute Gasteiger partial charge is 0.356 e. The van der Waals surface area contributed by atoms with Crippen molar-refractivity contribution >= 4 is 39.8 Å². The Hall–Kier alpha value is -0.900. The Balaban J connectivity index is 0.00000312. The first kappa shape index (κ1) is 22.1. The predicted molar refractivity (Wildman–Crippen MR) is 111 cm³/mol. The molecule has 1 aliphatic rings. The predicted octanol–water partition coefficient (Wildman–Crippen LogP) is 2.46. The minimum atomic E-state index is -3.06. The van der Waals surface area contributed by atoms with E-state index < -0.39 is 14.6 Å². The Morgan fingerprint density at radius 1 is 1.40 bits per heavy atom. The van der Waals surface area contributed by atoms with Crippen molar-refractivity contribution in [3.63, 3.8) is 0 Å². The fraction of sp³-hybridized carbons (Fsp3) is 0.588. The van der Waals surface area contributed by atoms with Crippen LogP contribution in [0.2, 0.25) is 0 Å². The summed E-state index contributed by atoms with van der Waals surface area (Å²) in [4.78, 5) is 6.25. The lowest BCUT2D eigenvalue weighted by molar-refractivity contribution is 0.353. The van der Waals surface area contributed by atoms with Crippen molar-refractivity contribution in [3.8, 4) is 0 Å². The van der Waals surface area contributed by atoms with Gasteiger partial charge in [0.05, 0.1) is 10.5 Å². The number of aliphatic imine (C=N–C) groups is 1. The van der Waals surface area contributed by atoms with Crippen molar-refractivity contribution in [2.45, 2.75) is 31.4 Å². The molecule has 1 aromatic rings. The van der Waals surface area contributed by atoms with Crippen molar-refractivity contribution in [3.05, 3.63) is 35.6 Å². The highest BCUT2D eigenvalue weighted by atomic mass is 127. The fourth-order valence-electron chi connectivity index (χ4n) is 2.84. The first-order valence-corrected chi connectivity index (χ1v) is 9.83. The third kappa shape index (κ3) is 5.80. The molecule has 1 N–H and O–H groups in total. The number of halogens is 2. The minimum absolute atomic E-state index is 0. The van der Waals surface area contributed by atoms with Crippen LogP contribution in [0.25, 0.3) is 0 Å². The highest BCUT2D eigenvalue weighted by Crippen LogP contribution is 2.23. The zero-order valence-electron chi connectivity index (χ0n) is 15.0. The van der Waals surface area contributed by atoms with Gasteiger partial charge in [-0.1, -0.05) is 12.1 Å². The lowest BCUT2D eigenvalue weighted by Gasteiger charge is -2.39. The van der Waals surface area contributed by atoms with Gasteiger partial charge in [-0.3, -0.25) is 4.99 Å². The lowest BCUT2D eigenvalue weighted by atomic mass is 10.1. The molecule has 1 aliphatic heterocycles. The molecule has 0 unspecified atom stereocenters. The number of hydrogen-bond acceptors (Lipinski definition) is 3. The molecule has 1 saturated heterocycles. The molecule has 1 heterocycles. The summed E-state index contributed by atoms with van der Waals surface area (Å²) in [5.74, 6) is 0.648. The summed E-state index contributed by atoms with van der Waals surface area (Å²) >= 11 is 0. The van der Waals surface area contributed by atoms with E-state index in [1.165, 1.54) is 6.07 Å². The zero-order chi connectivity index (χ0) is 17.8. The van der Waals surface area contributed by atoms with Gasteiger partial charge >= 0.3 is 0 Å². The molecule has 142 valence electrons. The Morgan fingerprint density at radius 3 is 2.72 bits per heavy atom. The molecular weight excluding hydrogens is 456 g/mol. The Morgan fingerprint density at radius 2 is 2.12 bits per heavy atom. The number of benzene rings is 1. The zero-order valence-corrected chi connectivity index (χ0v) is 18.1. The summed E-state index contributed by atoms with van der Waals surface area (Å²) in [6, 6.07) is 6.62. The summed E-state index contributed by atoms with van der Waals surface area (Å²) in [6.07, 6.45) is 1.62. The molecule has 2 rings (SSSR count). The Labute approximate surface area is 167 Å². The van der Waals surface area contributed by atoms with Gasteiger partial charge in [-0.2, -0.15) is 0 Å². The average molecular weight is 483 g/mol. The van der Waals surface area contributed by atoms with Crippen LogP contribution in [-0.2, 0) is 16.3 Å². The van der Waals surface area contributed by atoms with Crippen molar-refractivity contribution in [1.82, 2.24) is 10.2 Å². The van der Waals surface area contributed by atoms with E-state index in [0.717, 1.165) is 24.4 Å². The molecular formula is C17H27FIN3O2S. The van der Waals surface area contributed by atoms with Crippen LogP contribution in [0.3, 0.4) is 0 Å². The minimum Gasteiger partial charge on any atom is -0.356 e. The number of nitrogens with zero attached hydrogens (tertiary/aromatic N) is 2. The van der Waals surface area contributed by atoms with Crippen molar-refractivity contribution in [2.75, 3.05) is 32.4 Å². The molecule has 0 radical (unpaired) electrons. The first-order chi connectivity index (χ1) is 11.2. The maximum Gasteiger partial charge on any atom is 0.193 e. The van der Waals surface area contributed by atoms with E-state index in [4.69, 9.17) is 0 Å². The van der Waals surface area contributed by atoms with Crippen LogP contribution in [0.1, 0.15) is 25.8 Å². The van der Waals surface area contributed by atoms with Gasteiger partial charge in [0.2, 0.25) is 0 Å². The Kier molecular flexibility index (Phi) is 8.11. The van der Waals surface area contributed by atoms with Crippen molar-refractivity contribution in [1.29, 1.82) is 0 Å². The van der Waals surface area contributed by atoms with E-state index in [2.05, 4.69) is 10.3 Å². The molecule has 0 bridgehead atoms. The average Bonchev–Trinajstić information content (AvgIpc) is 2.50. The van der Waals surface area contributed by atoms with Gasteiger partial charge in [0.15, 0.2) is 15.8 Å². The van der Waals surface area contributed by atoms with Crippen LogP contribution >= 0.6 is 24.0 Å². The van der Waals surface area contributed by atoms with Gasteiger partial charge in [-0.15, -0.1) is 24.0 Å². The van der Waals surface area contributed by atoms with Crippen LogP contribution < -0.4 is 5.32 Å². The summed E-state index contributed by atoms with van der Waals surface area (Å²) in [5.41, 5.74) is 0.969. The third-order valence-corrected chi connectivity index (χ3v) is 6.90.